The minimum atomic E-state index is -0.00432. The maximum absolute atomic E-state index is 13.0. The van der Waals surface area contributed by atoms with Gasteiger partial charge in [-0.3, -0.25) is 9.59 Å². The normalized spacial score (nSPS) is 21.4. The first-order valence-electron chi connectivity index (χ1n) is 9.43. The average Bonchev–Trinajstić information content (AvgIpc) is 3.12. The van der Waals surface area contributed by atoms with Crippen LogP contribution in [-0.4, -0.2) is 84.0 Å². The Kier molecular flexibility index (Phi) is 5.98. The molecule has 3 heterocycles. The number of ether oxygens (including phenoxy) is 1. The molecule has 7 heteroatoms. The molecule has 0 spiro atoms. The van der Waals surface area contributed by atoms with E-state index in [0.29, 0.717) is 32.7 Å². The number of nitrogens with one attached hydrogen (secondary N) is 1. The second-order valence-electron chi connectivity index (χ2n) is 7.55. The summed E-state index contributed by atoms with van der Waals surface area (Å²) in [7, 11) is 2.07. The fourth-order valence-electron chi connectivity index (χ4n) is 3.76. The number of hydrogen-bond donors (Lipinski definition) is 1. The molecule has 1 N–H and O–H groups in total. The van der Waals surface area contributed by atoms with Gasteiger partial charge in [-0.05, 0) is 38.9 Å². The number of morpholine rings is 1. The summed E-state index contributed by atoms with van der Waals surface area (Å²) in [6, 6.07) is 2.09. The Hall–Kier alpha value is -1.86. The first-order valence-corrected chi connectivity index (χ1v) is 9.43. The van der Waals surface area contributed by atoms with Gasteiger partial charge in [0.1, 0.15) is 0 Å². The van der Waals surface area contributed by atoms with E-state index in [9.17, 15) is 9.59 Å². The van der Waals surface area contributed by atoms with Crippen LogP contribution in [0.2, 0.25) is 0 Å². The number of carbonyl (C=O) groups excluding carboxylic acids is 2. The quantitative estimate of drug-likeness (QED) is 0.817. The van der Waals surface area contributed by atoms with E-state index in [2.05, 4.69) is 23.0 Å². The van der Waals surface area contributed by atoms with Gasteiger partial charge < -0.3 is 24.4 Å². The summed E-state index contributed by atoms with van der Waals surface area (Å²) in [5.74, 6) is 0.0796. The van der Waals surface area contributed by atoms with E-state index in [1.165, 1.54) is 0 Å². The topological polar surface area (TPSA) is 68.9 Å². The Labute approximate surface area is 155 Å². The van der Waals surface area contributed by atoms with Crippen molar-refractivity contribution in [1.82, 2.24) is 19.7 Å². The van der Waals surface area contributed by atoms with Gasteiger partial charge in [-0.1, -0.05) is 0 Å². The molecular weight excluding hydrogens is 332 g/mol. The molecule has 2 aliphatic rings. The Morgan fingerprint density at radius 1 is 1.38 bits per heavy atom. The van der Waals surface area contributed by atoms with E-state index in [-0.39, 0.29) is 24.5 Å². The summed E-state index contributed by atoms with van der Waals surface area (Å²) in [6.45, 7) is 8.42. The second-order valence-corrected chi connectivity index (χ2v) is 7.55. The molecule has 26 heavy (non-hydrogen) atoms. The summed E-state index contributed by atoms with van der Waals surface area (Å²) in [5.41, 5.74) is 3.29. The van der Waals surface area contributed by atoms with E-state index in [4.69, 9.17) is 4.74 Å². The number of likely N-dealkylation sites (tertiary alicyclic amines) is 1. The standard InChI is InChI=1S/C19H30N4O3/c1-14-9-16(15(2)20-14)10-23(12-17-11-21(3)7-8-26-17)19(25)13-22-6-4-5-18(22)24/h9,17,20H,4-8,10-13H2,1-3H3/t17-/m0/s1. The zero-order valence-electron chi connectivity index (χ0n) is 16.1. The highest BCUT2D eigenvalue weighted by Crippen LogP contribution is 2.16. The van der Waals surface area contributed by atoms with Crippen molar-refractivity contribution in [1.29, 1.82) is 0 Å². The van der Waals surface area contributed by atoms with Crippen LogP contribution in [0.3, 0.4) is 0 Å². The number of amides is 2. The van der Waals surface area contributed by atoms with Crippen molar-refractivity contribution in [2.75, 3.05) is 46.4 Å². The Bertz CT molecular complexity index is 657. The maximum atomic E-state index is 13.0. The number of carbonyl (C=O) groups is 2. The van der Waals surface area contributed by atoms with Crippen molar-refractivity contribution in [3.63, 3.8) is 0 Å². The molecule has 0 bridgehead atoms. The van der Waals surface area contributed by atoms with Crippen molar-refractivity contribution in [3.05, 3.63) is 23.0 Å². The fourth-order valence-corrected chi connectivity index (χ4v) is 3.76. The van der Waals surface area contributed by atoms with Gasteiger partial charge in [0.15, 0.2) is 0 Å². The Balaban J connectivity index is 1.70. The minimum Gasteiger partial charge on any atom is -0.374 e. The maximum Gasteiger partial charge on any atom is 0.242 e. The fraction of sp³-hybridized carbons (Fsp3) is 0.684. The van der Waals surface area contributed by atoms with Crippen LogP contribution in [0, 0.1) is 13.8 Å². The highest BCUT2D eigenvalue weighted by molar-refractivity contribution is 5.85. The van der Waals surface area contributed by atoms with Gasteiger partial charge in [0.2, 0.25) is 11.8 Å². The molecule has 0 aliphatic carbocycles. The van der Waals surface area contributed by atoms with Crippen molar-refractivity contribution >= 4 is 11.8 Å². The highest BCUT2D eigenvalue weighted by atomic mass is 16.5. The first kappa shape index (κ1) is 18.9. The third kappa shape index (κ3) is 4.65. The second kappa shape index (κ2) is 8.22. The summed E-state index contributed by atoms with van der Waals surface area (Å²) in [6.07, 6.45) is 1.41. The molecule has 1 aromatic heterocycles. The van der Waals surface area contributed by atoms with Crippen LogP contribution in [0.4, 0.5) is 0 Å². The lowest BCUT2D eigenvalue weighted by Gasteiger charge is -2.34. The molecule has 144 valence electrons. The number of aromatic nitrogens is 1. The first-order chi connectivity index (χ1) is 12.4. The third-order valence-electron chi connectivity index (χ3n) is 5.23. The van der Waals surface area contributed by atoms with Gasteiger partial charge >= 0.3 is 0 Å². The molecule has 0 unspecified atom stereocenters. The predicted molar refractivity (Wildman–Crippen MR) is 98.7 cm³/mol. The van der Waals surface area contributed by atoms with Gasteiger partial charge in [0.25, 0.3) is 0 Å². The lowest BCUT2D eigenvalue weighted by atomic mass is 10.2. The van der Waals surface area contributed by atoms with Crippen LogP contribution < -0.4 is 0 Å². The lowest BCUT2D eigenvalue weighted by molar-refractivity contribution is -0.141. The molecule has 0 radical (unpaired) electrons. The van der Waals surface area contributed by atoms with Crippen molar-refractivity contribution in [2.24, 2.45) is 0 Å². The van der Waals surface area contributed by atoms with Crippen LogP contribution in [-0.2, 0) is 20.9 Å². The minimum absolute atomic E-state index is 0.00432. The van der Waals surface area contributed by atoms with Gasteiger partial charge in [-0.15, -0.1) is 0 Å². The zero-order chi connectivity index (χ0) is 18.7. The van der Waals surface area contributed by atoms with Crippen LogP contribution in [0.5, 0.6) is 0 Å². The van der Waals surface area contributed by atoms with Gasteiger partial charge in [0, 0.05) is 50.5 Å². The summed E-state index contributed by atoms with van der Waals surface area (Å²) < 4.78 is 5.87. The molecule has 0 aromatic carbocycles. The molecular formula is C19H30N4O3. The lowest BCUT2D eigenvalue weighted by Crippen LogP contribution is -2.49. The molecule has 2 aliphatic heterocycles. The van der Waals surface area contributed by atoms with Gasteiger partial charge in [0.05, 0.1) is 19.3 Å². The number of aromatic amines is 1. The number of aryl methyl sites for hydroxylation is 2. The largest absolute Gasteiger partial charge is 0.374 e. The summed E-state index contributed by atoms with van der Waals surface area (Å²) in [4.78, 5) is 33.9. The smallest absolute Gasteiger partial charge is 0.242 e. The SMILES string of the molecule is Cc1cc(CN(C[C@@H]2CN(C)CCO2)C(=O)CN2CCCC2=O)c(C)[nH]1. The molecule has 1 aromatic rings. The summed E-state index contributed by atoms with van der Waals surface area (Å²) in [5, 5.41) is 0. The van der Waals surface area contributed by atoms with E-state index < -0.39 is 0 Å². The molecule has 2 fully saturated rings. The molecule has 2 amide bonds. The third-order valence-corrected chi connectivity index (χ3v) is 5.23. The van der Waals surface area contributed by atoms with E-state index in [1.54, 1.807) is 4.90 Å². The van der Waals surface area contributed by atoms with Crippen LogP contribution in [0.25, 0.3) is 0 Å². The highest BCUT2D eigenvalue weighted by Gasteiger charge is 2.28. The zero-order valence-corrected chi connectivity index (χ0v) is 16.1. The molecule has 1 atom stereocenters. The summed E-state index contributed by atoms with van der Waals surface area (Å²) >= 11 is 0. The number of rotatable bonds is 6. The van der Waals surface area contributed by atoms with Crippen LogP contribution >= 0.6 is 0 Å². The van der Waals surface area contributed by atoms with E-state index in [1.807, 2.05) is 18.7 Å². The Morgan fingerprint density at radius 2 is 2.19 bits per heavy atom. The van der Waals surface area contributed by atoms with Gasteiger partial charge in [-0.2, -0.15) is 0 Å². The van der Waals surface area contributed by atoms with Crippen LogP contribution in [0.1, 0.15) is 29.8 Å². The number of nitrogens with zero attached hydrogens (tertiary/aromatic N) is 3. The van der Waals surface area contributed by atoms with Gasteiger partial charge in [-0.25, -0.2) is 0 Å². The number of H-pyrrole nitrogens is 1. The molecule has 2 saturated heterocycles. The average molecular weight is 362 g/mol. The predicted octanol–water partition coefficient (Wildman–Crippen LogP) is 0.913. The molecule has 3 rings (SSSR count). The van der Waals surface area contributed by atoms with Crippen molar-refractivity contribution < 1.29 is 14.3 Å². The van der Waals surface area contributed by atoms with Crippen molar-refractivity contribution in [2.45, 2.75) is 39.3 Å². The Morgan fingerprint density at radius 3 is 2.81 bits per heavy atom. The van der Waals surface area contributed by atoms with E-state index in [0.717, 1.165) is 36.5 Å². The van der Waals surface area contributed by atoms with E-state index >= 15 is 0 Å². The van der Waals surface area contributed by atoms with Crippen molar-refractivity contribution in [3.8, 4) is 0 Å². The number of hydrogen-bond acceptors (Lipinski definition) is 4. The molecule has 7 nitrogen and oxygen atoms in total. The molecule has 0 saturated carbocycles. The number of likely N-dealkylation sites (N-methyl/N-ethyl adjacent to an activating group) is 1. The van der Waals surface area contributed by atoms with Crippen LogP contribution in [0.15, 0.2) is 6.07 Å². The monoisotopic (exact) mass is 362 g/mol.